The predicted molar refractivity (Wildman–Crippen MR) is 498 cm³/mol. The minimum atomic E-state index is -0.971. The highest BCUT2D eigenvalue weighted by atomic mass is 16.5. The number of carboxylic acids is 2. The largest absolute Gasteiger partial charge is 0.508 e. The summed E-state index contributed by atoms with van der Waals surface area (Å²) < 4.78 is 34.1. The number of aromatic nitrogens is 4. The number of primary amides is 1. The van der Waals surface area contributed by atoms with E-state index in [2.05, 4.69) is 45.9 Å². The van der Waals surface area contributed by atoms with Gasteiger partial charge in [0.1, 0.15) is 87.4 Å². The Morgan fingerprint density at radius 3 is 0.828 bits per heavy atom. The summed E-state index contributed by atoms with van der Waals surface area (Å²) in [5, 5.41) is 92.9. The number of aromatic hydroxyl groups is 7. The number of oxazole rings is 4. The first kappa shape index (κ1) is 108. The first-order valence-electron chi connectivity index (χ1n) is 40.6. The van der Waals surface area contributed by atoms with E-state index in [-0.39, 0.29) is 43.3 Å². The molecule has 27 heteroatoms. The van der Waals surface area contributed by atoms with Crippen LogP contribution in [0.1, 0.15) is 161 Å². The van der Waals surface area contributed by atoms with Crippen LogP contribution in [0.25, 0.3) is 45.8 Å². The topological polar surface area (TPSA) is 439 Å². The molecule has 1 amide bonds. The summed E-state index contributed by atoms with van der Waals surface area (Å²) >= 11 is 0. The lowest BCUT2D eigenvalue weighted by Gasteiger charge is -2.05. The van der Waals surface area contributed by atoms with Gasteiger partial charge in [-0.15, -0.1) is 0 Å². The number of aliphatic hydroxyl groups is 1. The number of nitrogens with two attached hydrogens (primary N) is 1. The molecule has 128 heavy (non-hydrogen) atoms. The van der Waals surface area contributed by atoms with Crippen LogP contribution < -0.4 is 15.2 Å². The van der Waals surface area contributed by atoms with Crippen LogP contribution in [0.3, 0.4) is 0 Å². The Bertz CT molecular complexity index is 5360. The van der Waals surface area contributed by atoms with Gasteiger partial charge in [0.15, 0.2) is 0 Å². The standard InChI is InChI=1S/2C20H21NO3.C14H15NO4.C14H17NO3.C9H11NO2.C9H10O3.C6H6O.C4H11N.2C2H4O.CH4/c2*1-13-11-16(12-14(2)19(13)22)20-21-18(15(3)24-20)9-10-23-17-7-5-4-6-8-17;1-7-4-10(5-8(2)13(7)18)14-15-11(6-12(16)17)9(3)19-14;1-8-6-11(7-9(2)13(8)17)14-15-12(4-5-16)10(3)18-14;1-5-3-7(9(10)12)4-6(2)8(5)11;1-5-3-7(9(11)12)4-6(2)8(5)10;7-6-4-2-1-3-5-6;1-4-5(2)3;2*1-2-3;/h2*4-8,11-12,22H,9-10H2,1-3H3;4-5,18H,6H2,1-3H3,(H,16,17);6-7,16-17H,4-5H2,1-3H3;3-4,11H,1-2H3,(H2,10,12);3-4,10H,1-2H3,(H,11,12);1-5,7H;4H2,1-3H3;2*2H,1H3;1H4. The Morgan fingerprint density at radius 2 is 0.609 bits per heavy atom. The van der Waals surface area contributed by atoms with E-state index in [0.29, 0.717) is 118 Å². The van der Waals surface area contributed by atoms with Crippen molar-refractivity contribution in [3.05, 3.63) is 287 Å². The summed E-state index contributed by atoms with van der Waals surface area (Å²) in [6.45, 7) is 36.2. The number of para-hydroxylation sites is 3. The van der Waals surface area contributed by atoms with Crippen LogP contribution in [0.5, 0.6) is 51.7 Å². The number of aryl methyl sites for hydroxylation is 16. The summed E-state index contributed by atoms with van der Waals surface area (Å²) in [6.07, 6.45) is 3.19. The number of rotatable bonds is 19. The zero-order valence-electron chi connectivity index (χ0n) is 76.2. The summed E-state index contributed by atoms with van der Waals surface area (Å²) in [7, 11) is 4.11. The number of carbonyl (C=O) groups is 5. The average molecular weight is 1760 g/mol. The minimum Gasteiger partial charge on any atom is -0.508 e. The van der Waals surface area contributed by atoms with Crippen molar-refractivity contribution in [2.75, 3.05) is 40.5 Å². The number of hydrogen-bond donors (Lipinski definition) is 11. The van der Waals surface area contributed by atoms with Crippen LogP contribution in [0.2, 0.25) is 0 Å². The Morgan fingerprint density at radius 1 is 0.383 bits per heavy atom. The number of carboxylic acid groups (broad SMARTS) is 2. The number of aldehydes is 2. The molecule has 9 aromatic carbocycles. The number of nitrogens with zero attached hydrogens (tertiary/aromatic N) is 5. The van der Waals surface area contributed by atoms with E-state index in [1.165, 1.54) is 26.0 Å². The second-order valence-corrected chi connectivity index (χ2v) is 29.6. The molecule has 0 saturated carbocycles. The second-order valence-electron chi connectivity index (χ2n) is 29.6. The van der Waals surface area contributed by atoms with Gasteiger partial charge in [0, 0.05) is 53.7 Å². The van der Waals surface area contributed by atoms with Crippen molar-refractivity contribution in [3.8, 4) is 97.6 Å². The first-order valence-corrected chi connectivity index (χ1v) is 40.6. The van der Waals surface area contributed by atoms with E-state index in [0.717, 1.165) is 132 Å². The lowest BCUT2D eigenvalue weighted by atomic mass is 10.1. The van der Waals surface area contributed by atoms with Crippen molar-refractivity contribution in [1.29, 1.82) is 0 Å². The molecule has 0 aliphatic rings. The number of benzene rings is 9. The normalized spacial score (nSPS) is 10.1. The highest BCUT2D eigenvalue weighted by Gasteiger charge is 2.20. The van der Waals surface area contributed by atoms with Gasteiger partial charge in [-0.05, 0) is 321 Å². The van der Waals surface area contributed by atoms with Gasteiger partial charge >= 0.3 is 11.9 Å². The number of amides is 1. The van der Waals surface area contributed by atoms with Crippen LogP contribution in [-0.4, -0.2) is 147 Å². The SMILES string of the molecule is C.CC=O.CC=O.CCN(C)C.Cc1cc(-c2nc(CC(=O)O)c(C)o2)cc(C)c1O.Cc1cc(-c2nc(CCO)c(C)o2)cc(C)c1O.Cc1cc(-c2nc(CCOc3ccccc3)c(C)o2)cc(C)c1O.Cc1cc(-c2nc(CCOc3ccccc3)c(C)o2)cc(C)c1O.Cc1cc(C(=O)O)cc(C)c1O.Cc1cc(C(N)=O)cc(C)c1O.Oc1ccccc1. The van der Waals surface area contributed by atoms with Gasteiger partial charge in [-0.1, -0.05) is 68.9 Å². The number of phenols is 7. The lowest BCUT2D eigenvalue weighted by Crippen LogP contribution is -2.11. The third kappa shape index (κ3) is 34.7. The van der Waals surface area contributed by atoms with Crippen molar-refractivity contribution in [1.82, 2.24) is 24.8 Å². The molecule has 0 aliphatic heterocycles. The van der Waals surface area contributed by atoms with E-state index in [4.69, 9.17) is 62.9 Å². The maximum absolute atomic E-state index is 10.8. The van der Waals surface area contributed by atoms with Crippen LogP contribution >= 0.6 is 0 Å². The first-order chi connectivity index (χ1) is 60.0. The molecule has 13 rings (SSSR count). The molecule has 4 heterocycles. The maximum atomic E-state index is 10.8. The van der Waals surface area contributed by atoms with Crippen molar-refractivity contribution < 1.29 is 102 Å². The third-order valence-corrected chi connectivity index (χ3v) is 18.8. The lowest BCUT2D eigenvalue weighted by molar-refractivity contribution is -0.136. The Kier molecular flexibility index (Phi) is 45.3. The molecule has 13 aromatic rings. The highest BCUT2D eigenvalue weighted by molar-refractivity contribution is 5.93. The third-order valence-electron chi connectivity index (χ3n) is 18.8. The van der Waals surface area contributed by atoms with Gasteiger partial charge in [0.2, 0.25) is 29.5 Å². The van der Waals surface area contributed by atoms with Crippen LogP contribution in [0.15, 0.2) is 181 Å². The molecule has 0 saturated heterocycles. The predicted octanol–water partition coefficient (Wildman–Crippen LogP) is 20.1. The van der Waals surface area contributed by atoms with Crippen molar-refractivity contribution in [3.63, 3.8) is 0 Å². The molecule has 0 spiro atoms. The Labute approximate surface area is 749 Å². The van der Waals surface area contributed by atoms with Gasteiger partial charge in [-0.25, -0.2) is 24.7 Å². The van der Waals surface area contributed by atoms with Crippen molar-refractivity contribution in [2.24, 2.45) is 5.73 Å². The second kappa shape index (κ2) is 53.8. The Balaban J connectivity index is 0.000000385. The molecule has 0 bridgehead atoms. The van der Waals surface area contributed by atoms with E-state index < -0.39 is 17.8 Å². The van der Waals surface area contributed by atoms with Gasteiger partial charge in [0.05, 0.1) is 48.0 Å². The average Bonchev–Trinajstić information content (AvgIpc) is 1.66. The number of aliphatic carboxylic acids is 1. The zero-order valence-corrected chi connectivity index (χ0v) is 76.2. The van der Waals surface area contributed by atoms with E-state index >= 15 is 0 Å². The molecule has 27 nitrogen and oxygen atoms in total. The smallest absolute Gasteiger partial charge is 0.335 e. The molecule has 0 radical (unpaired) electrons. The fourth-order valence-corrected chi connectivity index (χ4v) is 11.8. The molecule has 0 aliphatic carbocycles. The number of hydrogen-bond acceptors (Lipinski definition) is 24. The number of phenolic OH excluding ortho intramolecular Hbond substituents is 7. The van der Waals surface area contributed by atoms with E-state index in [1.807, 2.05) is 165 Å². The zero-order chi connectivity index (χ0) is 95.1. The number of aromatic carboxylic acids is 1. The van der Waals surface area contributed by atoms with Crippen LogP contribution in [0.4, 0.5) is 0 Å². The molecule has 4 aromatic heterocycles. The van der Waals surface area contributed by atoms with Gasteiger partial charge in [-0.2, -0.15) is 0 Å². The molecule has 12 N–H and O–H groups in total. The summed E-state index contributed by atoms with van der Waals surface area (Å²) in [4.78, 5) is 69.5. The molecular formula is C101H124N6O21. The molecule has 0 atom stereocenters. The monoisotopic (exact) mass is 1760 g/mol. The molecule has 0 unspecified atom stereocenters. The molecule has 684 valence electrons. The number of carbonyl (C=O) groups excluding carboxylic acids is 3. The summed E-state index contributed by atoms with van der Waals surface area (Å²) in [6, 6.07) is 49.0. The summed E-state index contributed by atoms with van der Waals surface area (Å²) in [5.74, 6) is 6.09. The van der Waals surface area contributed by atoms with E-state index in [9.17, 15) is 45.0 Å². The highest BCUT2D eigenvalue weighted by Crippen LogP contribution is 2.35. The molecular weight excluding hydrogens is 1630 g/mol. The van der Waals surface area contributed by atoms with E-state index in [1.54, 1.807) is 97.0 Å². The van der Waals surface area contributed by atoms with Crippen molar-refractivity contribution >= 4 is 30.4 Å². The fourth-order valence-electron chi connectivity index (χ4n) is 11.8. The quantitative estimate of drug-likeness (QED) is 0.0335. The number of aliphatic hydroxyl groups excluding tert-OH is 1. The fraction of sp³-hybridized carbons (Fsp3) is 0.297. The summed E-state index contributed by atoms with van der Waals surface area (Å²) in [5.41, 5.74) is 20.9. The number of ether oxygens (including phenoxy) is 2. The van der Waals surface area contributed by atoms with Crippen LogP contribution in [0, 0.1) is 111 Å². The van der Waals surface area contributed by atoms with Gasteiger partial charge in [-0.3, -0.25) is 9.59 Å². The maximum Gasteiger partial charge on any atom is 0.335 e. The van der Waals surface area contributed by atoms with Gasteiger partial charge in [0.25, 0.3) is 0 Å². The van der Waals surface area contributed by atoms with Gasteiger partial charge < -0.3 is 98.4 Å². The van der Waals surface area contributed by atoms with Crippen molar-refractivity contribution in [2.45, 2.75) is 165 Å². The minimum absolute atomic E-state index is 0. The Hall–Kier alpha value is -14.3. The molecule has 0 fully saturated rings. The van der Waals surface area contributed by atoms with Crippen LogP contribution in [-0.2, 0) is 40.1 Å².